The van der Waals surface area contributed by atoms with Crippen LogP contribution in [0, 0.1) is 17.6 Å². The lowest BCUT2D eigenvalue weighted by Crippen LogP contribution is -2.26. The summed E-state index contributed by atoms with van der Waals surface area (Å²) < 4.78 is 15.9. The highest BCUT2D eigenvalue weighted by Crippen LogP contribution is 2.25. The highest BCUT2D eigenvalue weighted by atomic mass is 19.1. The molecule has 26 heavy (non-hydrogen) atoms. The number of nitroso groups, excluding NO2 is 1. The number of aryl methyl sites for hydroxylation is 1. The van der Waals surface area contributed by atoms with E-state index < -0.39 is 11.7 Å². The van der Waals surface area contributed by atoms with Gasteiger partial charge in [0.1, 0.15) is 24.5 Å². The Morgan fingerprint density at radius 3 is 2.96 bits per heavy atom. The van der Waals surface area contributed by atoms with Gasteiger partial charge in [-0.2, -0.15) is 4.91 Å². The number of benzene rings is 1. The maximum Gasteiger partial charge on any atom is 0.278 e. The summed E-state index contributed by atoms with van der Waals surface area (Å²) in [5, 5.41) is 5.58. The Hall–Kier alpha value is -3.33. The Bertz CT molecular complexity index is 957. The Morgan fingerprint density at radius 1 is 1.35 bits per heavy atom. The van der Waals surface area contributed by atoms with Crippen LogP contribution < -0.4 is 10.8 Å². The first-order valence-corrected chi connectivity index (χ1v) is 7.79. The van der Waals surface area contributed by atoms with E-state index >= 15 is 0 Å². The minimum atomic E-state index is -0.554. The number of amides is 1. The number of imidazole rings is 1. The molecule has 0 atom stereocenters. The molecule has 0 aliphatic rings. The van der Waals surface area contributed by atoms with Gasteiger partial charge in [-0.05, 0) is 36.8 Å². The van der Waals surface area contributed by atoms with Crippen LogP contribution in [0.15, 0.2) is 48.0 Å². The number of pyridine rings is 1. The van der Waals surface area contributed by atoms with E-state index in [1.165, 1.54) is 12.4 Å². The highest BCUT2D eigenvalue weighted by molar-refractivity contribution is 5.99. The van der Waals surface area contributed by atoms with Crippen molar-refractivity contribution < 1.29 is 14.0 Å². The third kappa shape index (κ3) is 3.67. The molecule has 0 unspecified atom stereocenters. The van der Waals surface area contributed by atoms with Gasteiger partial charge in [-0.1, -0.05) is 11.2 Å². The van der Waals surface area contributed by atoms with E-state index in [4.69, 9.17) is 4.84 Å². The molecule has 0 aliphatic carbocycles. The third-order valence-corrected chi connectivity index (χ3v) is 3.66. The number of carbonyl (C=O) groups excluding carboxylic acids is 1. The molecule has 0 spiro atoms. The summed E-state index contributed by atoms with van der Waals surface area (Å²) in [5.74, 6) is -0.666. The van der Waals surface area contributed by atoms with Crippen molar-refractivity contribution in [1.82, 2.24) is 14.9 Å². The van der Waals surface area contributed by atoms with Crippen molar-refractivity contribution in [3.63, 3.8) is 0 Å². The Morgan fingerprint density at radius 2 is 2.19 bits per heavy atom. The number of anilines is 2. The summed E-state index contributed by atoms with van der Waals surface area (Å²) in [7, 11) is 0. The van der Waals surface area contributed by atoms with Gasteiger partial charge < -0.3 is 5.32 Å². The number of nitrogens with one attached hydrogen (secondary N) is 2. The summed E-state index contributed by atoms with van der Waals surface area (Å²) >= 11 is 0. The van der Waals surface area contributed by atoms with Gasteiger partial charge in [0.2, 0.25) is 0 Å². The maximum absolute atomic E-state index is 14.2. The highest BCUT2D eigenvalue weighted by Gasteiger charge is 2.16. The lowest BCUT2D eigenvalue weighted by Gasteiger charge is -2.15. The van der Waals surface area contributed by atoms with E-state index in [0.717, 1.165) is 11.1 Å². The summed E-state index contributed by atoms with van der Waals surface area (Å²) in [6.45, 7) is 1.66. The van der Waals surface area contributed by atoms with Gasteiger partial charge in [-0.15, -0.1) is 0 Å². The molecule has 134 valence electrons. The van der Waals surface area contributed by atoms with E-state index in [0.29, 0.717) is 5.82 Å². The van der Waals surface area contributed by atoms with E-state index in [9.17, 15) is 14.1 Å². The molecule has 0 fully saturated rings. The Labute approximate surface area is 147 Å². The normalized spacial score (nSPS) is 10.7. The van der Waals surface area contributed by atoms with Crippen molar-refractivity contribution in [2.24, 2.45) is 5.18 Å². The van der Waals surface area contributed by atoms with E-state index in [2.05, 4.69) is 21.0 Å². The SMILES string of the molecule is Cc1ccc(Nc2c(C(=O)NOCCN=O)ccc3cncn23)c(F)c1. The summed E-state index contributed by atoms with van der Waals surface area (Å²) in [4.78, 5) is 31.4. The number of hydrogen-bond acceptors (Lipinski definition) is 6. The molecule has 3 rings (SSSR count). The van der Waals surface area contributed by atoms with Crippen LogP contribution in [0.3, 0.4) is 0 Å². The molecule has 2 aromatic heterocycles. The molecule has 2 N–H and O–H groups in total. The molecule has 0 saturated heterocycles. The smallest absolute Gasteiger partial charge is 0.278 e. The number of rotatable bonds is 7. The second kappa shape index (κ2) is 7.70. The zero-order chi connectivity index (χ0) is 18.5. The molecule has 1 amide bonds. The van der Waals surface area contributed by atoms with Crippen LogP contribution in [0.5, 0.6) is 0 Å². The molecule has 3 aromatic rings. The quantitative estimate of drug-likeness (QED) is 0.385. The van der Waals surface area contributed by atoms with Gasteiger partial charge in [0.05, 0.1) is 29.6 Å². The summed E-state index contributed by atoms with van der Waals surface area (Å²) in [5.41, 5.74) is 4.18. The fourth-order valence-corrected chi connectivity index (χ4v) is 2.41. The molecule has 8 nitrogen and oxygen atoms in total. The first-order valence-electron chi connectivity index (χ1n) is 7.79. The van der Waals surface area contributed by atoms with Crippen molar-refractivity contribution in [3.05, 3.63) is 64.7 Å². The third-order valence-electron chi connectivity index (χ3n) is 3.66. The second-order valence-electron chi connectivity index (χ2n) is 5.52. The molecule has 9 heteroatoms. The maximum atomic E-state index is 14.2. The standard InChI is InChI=1S/C17H16FN5O3/c1-11-2-5-15(14(18)8-11)21-16-13(17(24)22-26-7-6-20-25)4-3-12-9-19-10-23(12)16/h2-5,8-10,21H,6-7H2,1H3,(H,22,24). The monoisotopic (exact) mass is 357 g/mol. The average molecular weight is 357 g/mol. The lowest BCUT2D eigenvalue weighted by molar-refractivity contribution is 0.0344. The zero-order valence-electron chi connectivity index (χ0n) is 13.9. The van der Waals surface area contributed by atoms with E-state index in [1.807, 2.05) is 0 Å². The Balaban J connectivity index is 1.94. The van der Waals surface area contributed by atoms with Crippen LogP contribution in [0.4, 0.5) is 15.9 Å². The van der Waals surface area contributed by atoms with Gasteiger partial charge in [-0.25, -0.2) is 14.9 Å². The number of carbonyl (C=O) groups is 1. The van der Waals surface area contributed by atoms with Crippen LogP contribution in [0.2, 0.25) is 0 Å². The number of hydroxylamine groups is 1. The van der Waals surface area contributed by atoms with Crippen molar-refractivity contribution >= 4 is 22.9 Å². The topological polar surface area (TPSA) is 97.1 Å². The number of nitrogens with zero attached hydrogens (tertiary/aromatic N) is 3. The van der Waals surface area contributed by atoms with Crippen LogP contribution in [-0.2, 0) is 4.84 Å². The predicted octanol–water partition coefficient (Wildman–Crippen LogP) is 2.95. The van der Waals surface area contributed by atoms with Gasteiger partial charge in [0, 0.05) is 0 Å². The summed E-state index contributed by atoms with van der Waals surface area (Å²) in [6, 6.07) is 8.02. The Kier molecular flexibility index (Phi) is 5.18. The number of halogens is 1. The zero-order valence-corrected chi connectivity index (χ0v) is 13.9. The molecule has 0 bridgehead atoms. The largest absolute Gasteiger partial charge is 0.338 e. The molecule has 0 saturated carbocycles. The van der Waals surface area contributed by atoms with Crippen molar-refractivity contribution in [3.8, 4) is 0 Å². The van der Waals surface area contributed by atoms with E-state index in [-0.39, 0.29) is 24.4 Å². The number of aromatic nitrogens is 2. The first kappa shape index (κ1) is 17.5. The molecular formula is C17H16FN5O3. The lowest BCUT2D eigenvalue weighted by atomic mass is 10.2. The fraction of sp³-hybridized carbons (Fsp3) is 0.176. The van der Waals surface area contributed by atoms with Crippen LogP contribution in [0.1, 0.15) is 15.9 Å². The second-order valence-corrected chi connectivity index (χ2v) is 5.52. The van der Waals surface area contributed by atoms with Crippen LogP contribution >= 0.6 is 0 Å². The van der Waals surface area contributed by atoms with Crippen molar-refractivity contribution in [2.45, 2.75) is 6.92 Å². The van der Waals surface area contributed by atoms with Gasteiger partial charge in [0.15, 0.2) is 0 Å². The van der Waals surface area contributed by atoms with Crippen LogP contribution in [-0.4, -0.2) is 28.4 Å². The van der Waals surface area contributed by atoms with E-state index in [1.54, 1.807) is 41.8 Å². The van der Waals surface area contributed by atoms with Gasteiger partial charge in [-0.3, -0.25) is 14.0 Å². The number of fused-ring (bicyclic) bond motifs is 1. The number of hydrogen-bond donors (Lipinski definition) is 2. The van der Waals surface area contributed by atoms with Crippen molar-refractivity contribution in [1.29, 1.82) is 0 Å². The van der Waals surface area contributed by atoms with Gasteiger partial charge in [0.25, 0.3) is 5.91 Å². The molecule has 0 radical (unpaired) electrons. The van der Waals surface area contributed by atoms with Gasteiger partial charge >= 0.3 is 0 Å². The molecular weight excluding hydrogens is 341 g/mol. The average Bonchev–Trinajstić information content (AvgIpc) is 3.10. The minimum absolute atomic E-state index is 0.0437. The minimum Gasteiger partial charge on any atom is -0.338 e. The predicted molar refractivity (Wildman–Crippen MR) is 93.7 cm³/mol. The molecule has 2 heterocycles. The van der Waals surface area contributed by atoms with Crippen molar-refractivity contribution in [2.75, 3.05) is 18.5 Å². The fourth-order valence-electron chi connectivity index (χ4n) is 2.41. The first-order chi connectivity index (χ1) is 12.6. The molecule has 0 aliphatic heterocycles. The molecule has 1 aromatic carbocycles. The summed E-state index contributed by atoms with van der Waals surface area (Å²) in [6.07, 6.45) is 3.13. The van der Waals surface area contributed by atoms with Crippen LogP contribution in [0.25, 0.3) is 5.52 Å².